The fourth-order valence-electron chi connectivity index (χ4n) is 5.50. The minimum atomic E-state index is -3.04. The van der Waals surface area contributed by atoms with E-state index in [-0.39, 0.29) is 36.2 Å². The fourth-order valence-corrected chi connectivity index (χ4v) is 7.26. The lowest BCUT2D eigenvalue weighted by atomic mass is 9.82. The standard InChI is InChI=1S/C28H38N2O7S/c1-19(2)17-38(33,34)14-4-11-29-12-13-30-16-23(21-7-10-24-25(15-21)37-18-36-24)26(28(31)32)27(30)20-5-8-22(35-3)9-6-20/h5-10,15,19,23,26-27,29H,4,11-14,16-18H2,1-3H3,(H,31,32)/t23-,26+,27-/m1/s1. The van der Waals surface area contributed by atoms with Gasteiger partial charge in [0.1, 0.15) is 5.75 Å². The van der Waals surface area contributed by atoms with Crippen LogP contribution < -0.4 is 19.5 Å². The number of rotatable bonds is 13. The van der Waals surface area contributed by atoms with Crippen LogP contribution in [0.5, 0.6) is 17.2 Å². The Bertz CT molecular complexity index is 1200. The van der Waals surface area contributed by atoms with Crippen LogP contribution in [-0.2, 0) is 14.6 Å². The molecular weight excluding hydrogens is 508 g/mol. The zero-order valence-electron chi connectivity index (χ0n) is 22.3. The van der Waals surface area contributed by atoms with E-state index >= 15 is 0 Å². The van der Waals surface area contributed by atoms with Crippen molar-refractivity contribution in [3.05, 3.63) is 53.6 Å². The van der Waals surface area contributed by atoms with E-state index in [2.05, 4.69) is 10.2 Å². The molecule has 0 aromatic heterocycles. The predicted octanol–water partition coefficient (Wildman–Crippen LogP) is 3.32. The summed E-state index contributed by atoms with van der Waals surface area (Å²) in [5.41, 5.74) is 1.83. The number of carboxylic acid groups (broad SMARTS) is 1. The molecule has 2 aliphatic heterocycles. The summed E-state index contributed by atoms with van der Waals surface area (Å²) < 4.78 is 40.6. The highest BCUT2D eigenvalue weighted by atomic mass is 32.2. The van der Waals surface area contributed by atoms with Gasteiger partial charge in [0, 0.05) is 31.6 Å². The van der Waals surface area contributed by atoms with Gasteiger partial charge in [-0.25, -0.2) is 8.42 Å². The maximum absolute atomic E-state index is 12.7. The number of nitrogens with one attached hydrogen (secondary N) is 1. The Labute approximate surface area is 225 Å². The molecule has 38 heavy (non-hydrogen) atoms. The van der Waals surface area contributed by atoms with Crippen molar-refractivity contribution in [1.82, 2.24) is 10.2 Å². The number of fused-ring (bicyclic) bond motifs is 1. The highest BCUT2D eigenvalue weighted by molar-refractivity contribution is 7.91. The van der Waals surface area contributed by atoms with Gasteiger partial charge in [0.05, 0.1) is 24.5 Å². The quantitative estimate of drug-likeness (QED) is 0.365. The van der Waals surface area contributed by atoms with Crippen LogP contribution in [0.15, 0.2) is 42.5 Å². The average molecular weight is 547 g/mol. The number of carboxylic acids is 1. The van der Waals surface area contributed by atoms with Crippen molar-refractivity contribution in [2.45, 2.75) is 32.2 Å². The molecule has 0 aliphatic carbocycles. The summed E-state index contributed by atoms with van der Waals surface area (Å²) in [7, 11) is -1.43. The molecule has 4 rings (SSSR count). The van der Waals surface area contributed by atoms with Crippen LogP contribution in [0.3, 0.4) is 0 Å². The summed E-state index contributed by atoms with van der Waals surface area (Å²) in [5, 5.41) is 13.7. The molecule has 0 unspecified atom stereocenters. The van der Waals surface area contributed by atoms with E-state index in [9.17, 15) is 18.3 Å². The number of likely N-dealkylation sites (tertiary alicyclic amines) is 1. The second-order valence-corrected chi connectivity index (χ2v) is 12.6. The van der Waals surface area contributed by atoms with E-state index in [4.69, 9.17) is 14.2 Å². The van der Waals surface area contributed by atoms with Gasteiger partial charge in [0.2, 0.25) is 6.79 Å². The lowest BCUT2D eigenvalue weighted by molar-refractivity contribution is -0.143. The Morgan fingerprint density at radius 1 is 1.11 bits per heavy atom. The van der Waals surface area contributed by atoms with E-state index in [0.29, 0.717) is 49.8 Å². The first kappa shape index (κ1) is 28.2. The number of benzene rings is 2. The molecular formula is C28H38N2O7S. The van der Waals surface area contributed by atoms with Gasteiger partial charge in [-0.2, -0.15) is 0 Å². The number of aliphatic carboxylic acids is 1. The Morgan fingerprint density at radius 2 is 1.82 bits per heavy atom. The summed E-state index contributed by atoms with van der Waals surface area (Å²) in [6.45, 7) is 6.39. The van der Waals surface area contributed by atoms with Crippen LogP contribution in [0.2, 0.25) is 0 Å². The Morgan fingerprint density at radius 3 is 2.50 bits per heavy atom. The zero-order valence-corrected chi connectivity index (χ0v) is 23.1. The summed E-state index contributed by atoms with van der Waals surface area (Å²) in [5.74, 6) is 0.775. The number of nitrogens with zero attached hydrogens (tertiary/aromatic N) is 1. The van der Waals surface area contributed by atoms with Gasteiger partial charge in [-0.15, -0.1) is 0 Å². The van der Waals surface area contributed by atoms with E-state index in [1.807, 2.05) is 56.3 Å². The molecule has 0 bridgehead atoms. The molecule has 0 saturated carbocycles. The summed E-state index contributed by atoms with van der Waals surface area (Å²) >= 11 is 0. The second-order valence-electron chi connectivity index (χ2n) is 10.4. The van der Waals surface area contributed by atoms with Crippen LogP contribution in [0.4, 0.5) is 0 Å². The van der Waals surface area contributed by atoms with Crippen molar-refractivity contribution in [3.63, 3.8) is 0 Å². The molecule has 2 aromatic carbocycles. The van der Waals surface area contributed by atoms with Gasteiger partial charge < -0.3 is 24.6 Å². The average Bonchev–Trinajstić information content (AvgIpc) is 3.49. The second kappa shape index (κ2) is 12.4. The highest BCUT2D eigenvalue weighted by Gasteiger charge is 2.47. The zero-order chi connectivity index (χ0) is 27.3. The minimum absolute atomic E-state index is 0.123. The molecule has 10 heteroatoms. The Balaban J connectivity index is 1.48. The number of sulfone groups is 1. The van der Waals surface area contributed by atoms with Crippen LogP contribution in [0, 0.1) is 11.8 Å². The molecule has 2 aliphatic rings. The van der Waals surface area contributed by atoms with Crippen molar-refractivity contribution in [2.75, 3.05) is 51.6 Å². The topological polar surface area (TPSA) is 114 Å². The monoisotopic (exact) mass is 546 g/mol. The largest absolute Gasteiger partial charge is 0.497 e. The number of hydrogen-bond acceptors (Lipinski definition) is 8. The molecule has 0 radical (unpaired) electrons. The third-order valence-electron chi connectivity index (χ3n) is 7.14. The maximum atomic E-state index is 12.7. The number of ether oxygens (including phenoxy) is 3. The van der Waals surface area contributed by atoms with Gasteiger partial charge in [0.25, 0.3) is 0 Å². The molecule has 2 aromatic rings. The first-order chi connectivity index (χ1) is 18.2. The van der Waals surface area contributed by atoms with Crippen molar-refractivity contribution >= 4 is 15.8 Å². The van der Waals surface area contributed by atoms with E-state index < -0.39 is 21.7 Å². The molecule has 2 N–H and O–H groups in total. The molecule has 0 spiro atoms. The van der Waals surface area contributed by atoms with Gasteiger partial charge >= 0.3 is 5.97 Å². The Hall–Kier alpha value is -2.82. The smallest absolute Gasteiger partial charge is 0.309 e. The molecule has 9 nitrogen and oxygen atoms in total. The van der Waals surface area contributed by atoms with E-state index in [1.165, 1.54) is 0 Å². The molecule has 1 fully saturated rings. The molecule has 0 amide bonds. The van der Waals surface area contributed by atoms with Crippen molar-refractivity contribution in [2.24, 2.45) is 11.8 Å². The van der Waals surface area contributed by atoms with E-state index in [0.717, 1.165) is 11.1 Å². The summed E-state index contributed by atoms with van der Waals surface area (Å²) in [4.78, 5) is 14.9. The van der Waals surface area contributed by atoms with Gasteiger partial charge in [-0.05, 0) is 54.3 Å². The summed E-state index contributed by atoms with van der Waals surface area (Å²) in [6.07, 6.45) is 0.550. The highest BCUT2D eigenvalue weighted by Crippen LogP contribution is 2.47. The maximum Gasteiger partial charge on any atom is 0.309 e. The number of hydrogen-bond donors (Lipinski definition) is 2. The molecule has 2 heterocycles. The van der Waals surface area contributed by atoms with Crippen LogP contribution >= 0.6 is 0 Å². The van der Waals surface area contributed by atoms with Gasteiger partial charge in [0.15, 0.2) is 21.3 Å². The summed E-state index contributed by atoms with van der Waals surface area (Å²) in [6, 6.07) is 12.9. The third-order valence-corrected chi connectivity index (χ3v) is 9.22. The van der Waals surface area contributed by atoms with Crippen LogP contribution in [0.1, 0.15) is 43.4 Å². The molecule has 1 saturated heterocycles. The van der Waals surface area contributed by atoms with Crippen molar-refractivity contribution in [1.29, 1.82) is 0 Å². The number of carbonyl (C=O) groups is 1. The normalized spacial score (nSPS) is 21.2. The molecule has 3 atom stereocenters. The number of methoxy groups -OCH3 is 1. The van der Waals surface area contributed by atoms with E-state index in [1.54, 1.807) is 7.11 Å². The van der Waals surface area contributed by atoms with Crippen LogP contribution in [-0.4, -0.2) is 76.0 Å². The SMILES string of the molecule is COc1ccc([C@@H]2[C@@H](C(=O)O)[C@@H](c3ccc4c(c3)OCO4)CN2CCNCCCS(=O)(=O)CC(C)C)cc1. The van der Waals surface area contributed by atoms with Crippen molar-refractivity contribution in [3.8, 4) is 17.2 Å². The molecule has 208 valence electrons. The van der Waals surface area contributed by atoms with Crippen molar-refractivity contribution < 1.29 is 32.5 Å². The first-order valence-corrected chi connectivity index (χ1v) is 14.9. The lowest BCUT2D eigenvalue weighted by Crippen LogP contribution is -2.34. The minimum Gasteiger partial charge on any atom is -0.497 e. The van der Waals surface area contributed by atoms with Gasteiger partial charge in [-0.3, -0.25) is 9.69 Å². The lowest BCUT2D eigenvalue weighted by Gasteiger charge is -2.27. The predicted molar refractivity (Wildman–Crippen MR) is 145 cm³/mol. The first-order valence-electron chi connectivity index (χ1n) is 13.1. The third kappa shape index (κ3) is 6.78. The fraction of sp³-hybridized carbons (Fsp3) is 0.536. The Kier molecular flexibility index (Phi) is 9.17. The van der Waals surface area contributed by atoms with Crippen LogP contribution in [0.25, 0.3) is 0 Å². The van der Waals surface area contributed by atoms with Gasteiger partial charge in [-0.1, -0.05) is 32.0 Å².